The Morgan fingerprint density at radius 1 is 0.893 bits per heavy atom. The number of amides is 1. The van der Waals surface area contributed by atoms with Crippen molar-refractivity contribution in [2.45, 2.75) is 44.8 Å². The van der Waals surface area contributed by atoms with Gasteiger partial charge in [-0.1, -0.05) is 48.5 Å². The van der Waals surface area contributed by atoms with Crippen molar-refractivity contribution >= 4 is 11.9 Å². The van der Waals surface area contributed by atoms with Crippen LogP contribution in [0.3, 0.4) is 0 Å². The normalized spacial score (nSPS) is 27.0. The lowest BCUT2D eigenvalue weighted by Gasteiger charge is -2.22. The van der Waals surface area contributed by atoms with Gasteiger partial charge in [0.1, 0.15) is 6.10 Å². The molecule has 4 nitrogen and oxygen atoms in total. The fourth-order valence-corrected chi connectivity index (χ4v) is 4.94. The van der Waals surface area contributed by atoms with E-state index in [1.165, 1.54) is 0 Å². The first kappa shape index (κ1) is 18.7. The molecular weight excluding hydrogens is 350 g/mol. The number of esters is 1. The highest BCUT2D eigenvalue weighted by molar-refractivity contribution is 5.89. The molecule has 0 saturated heterocycles. The molecule has 2 aliphatic carbocycles. The van der Waals surface area contributed by atoms with E-state index in [0.29, 0.717) is 17.4 Å². The van der Waals surface area contributed by atoms with Crippen LogP contribution in [0, 0.1) is 17.8 Å². The average Bonchev–Trinajstić information content (AvgIpc) is 3.32. The van der Waals surface area contributed by atoms with Crippen LogP contribution in [0.25, 0.3) is 0 Å². The predicted molar refractivity (Wildman–Crippen MR) is 108 cm³/mol. The van der Waals surface area contributed by atoms with Crippen molar-refractivity contribution in [3.8, 4) is 0 Å². The highest BCUT2D eigenvalue weighted by Crippen LogP contribution is 2.49. The van der Waals surface area contributed by atoms with Crippen molar-refractivity contribution in [2.24, 2.45) is 17.8 Å². The number of hydrogen-bond donors (Lipinski definition) is 1. The summed E-state index contributed by atoms with van der Waals surface area (Å²) in [4.78, 5) is 25.3. The number of nitrogens with one attached hydrogen (secondary N) is 1. The molecule has 0 heterocycles. The summed E-state index contributed by atoms with van der Waals surface area (Å²) in [5.41, 5.74) is 1.71. The molecule has 1 N–H and O–H groups in total. The summed E-state index contributed by atoms with van der Waals surface area (Å²) in [6.45, 7) is 2.03. The number of fused-ring (bicyclic) bond motifs is 1. The van der Waals surface area contributed by atoms with Gasteiger partial charge >= 0.3 is 5.97 Å². The van der Waals surface area contributed by atoms with E-state index in [4.69, 9.17) is 4.74 Å². The first-order chi connectivity index (χ1) is 13.6. The first-order valence-corrected chi connectivity index (χ1v) is 10.2. The van der Waals surface area contributed by atoms with Crippen LogP contribution in [0.15, 0.2) is 60.7 Å². The average molecular weight is 377 g/mol. The quantitative estimate of drug-likeness (QED) is 0.779. The number of ether oxygens (including phenoxy) is 1. The lowest BCUT2D eigenvalue weighted by Crippen LogP contribution is -2.35. The fraction of sp³-hybridized carbons (Fsp3) is 0.417. The van der Waals surface area contributed by atoms with Crippen LogP contribution in [-0.2, 0) is 9.53 Å². The summed E-state index contributed by atoms with van der Waals surface area (Å²) in [5.74, 6) is 0.527. The molecule has 1 amide bonds. The number of hydrogen-bond acceptors (Lipinski definition) is 3. The molecule has 4 rings (SSSR count). The summed E-state index contributed by atoms with van der Waals surface area (Å²) < 4.78 is 5.82. The van der Waals surface area contributed by atoms with Crippen molar-refractivity contribution in [1.29, 1.82) is 0 Å². The van der Waals surface area contributed by atoms with Crippen molar-refractivity contribution in [3.63, 3.8) is 0 Å². The van der Waals surface area contributed by atoms with E-state index < -0.39 is 0 Å². The Bertz CT molecular complexity index is 820. The van der Waals surface area contributed by atoms with Crippen LogP contribution in [0.2, 0.25) is 0 Å². The van der Waals surface area contributed by atoms with E-state index in [1.54, 1.807) is 12.1 Å². The monoisotopic (exact) mass is 377 g/mol. The van der Waals surface area contributed by atoms with Crippen LogP contribution >= 0.6 is 0 Å². The third kappa shape index (κ3) is 3.82. The van der Waals surface area contributed by atoms with Gasteiger partial charge in [0.05, 0.1) is 11.6 Å². The SMILES string of the molecule is C[C@@H](NC(=O)[C@@H]1CC[C@@H]2[C@@H]1CC[C@H]2OC(=O)c1ccccc1)c1ccccc1. The lowest BCUT2D eigenvalue weighted by atomic mass is 9.90. The van der Waals surface area contributed by atoms with Gasteiger partial charge in [0.2, 0.25) is 5.91 Å². The number of carbonyl (C=O) groups excluding carboxylic acids is 2. The second-order valence-corrected chi connectivity index (χ2v) is 8.04. The van der Waals surface area contributed by atoms with Gasteiger partial charge in [-0.15, -0.1) is 0 Å². The van der Waals surface area contributed by atoms with Gasteiger partial charge < -0.3 is 10.1 Å². The maximum atomic E-state index is 12.9. The molecule has 146 valence electrons. The third-order valence-electron chi connectivity index (χ3n) is 6.40. The van der Waals surface area contributed by atoms with Gasteiger partial charge in [0.25, 0.3) is 0 Å². The third-order valence-corrected chi connectivity index (χ3v) is 6.40. The number of rotatable bonds is 5. The second-order valence-electron chi connectivity index (χ2n) is 8.04. The van der Waals surface area contributed by atoms with E-state index in [1.807, 2.05) is 55.5 Å². The molecule has 0 aliphatic heterocycles. The van der Waals surface area contributed by atoms with Gasteiger partial charge in [-0.25, -0.2) is 4.79 Å². The first-order valence-electron chi connectivity index (χ1n) is 10.2. The summed E-state index contributed by atoms with van der Waals surface area (Å²) in [6, 6.07) is 19.2. The number of carbonyl (C=O) groups is 2. The molecule has 4 heteroatoms. The zero-order valence-corrected chi connectivity index (χ0v) is 16.2. The minimum Gasteiger partial charge on any atom is -0.458 e. The standard InChI is InChI=1S/C24H27NO3/c1-16(17-8-4-2-5-9-17)25-23(26)21-13-12-20-19(21)14-15-22(20)28-24(27)18-10-6-3-7-11-18/h2-11,16,19-22H,12-15H2,1H3,(H,25,26)/t16-,19+,20-,21-,22-/m1/s1. The van der Waals surface area contributed by atoms with E-state index in [2.05, 4.69) is 5.32 Å². The van der Waals surface area contributed by atoms with E-state index in [-0.39, 0.29) is 29.9 Å². The zero-order valence-electron chi connectivity index (χ0n) is 16.2. The van der Waals surface area contributed by atoms with Crippen molar-refractivity contribution in [1.82, 2.24) is 5.32 Å². The second kappa shape index (κ2) is 8.17. The van der Waals surface area contributed by atoms with Gasteiger partial charge in [-0.3, -0.25) is 4.79 Å². The summed E-state index contributed by atoms with van der Waals surface area (Å²) in [7, 11) is 0. The van der Waals surface area contributed by atoms with Gasteiger partial charge in [0.15, 0.2) is 0 Å². The molecule has 2 aromatic carbocycles. The highest BCUT2D eigenvalue weighted by Gasteiger charge is 2.49. The zero-order chi connectivity index (χ0) is 19.5. The van der Waals surface area contributed by atoms with Gasteiger partial charge in [-0.05, 0) is 62.1 Å². The van der Waals surface area contributed by atoms with Crippen LogP contribution in [0.1, 0.15) is 54.6 Å². The summed E-state index contributed by atoms with van der Waals surface area (Å²) >= 11 is 0. The molecule has 28 heavy (non-hydrogen) atoms. The van der Waals surface area contributed by atoms with Crippen molar-refractivity contribution < 1.29 is 14.3 Å². The molecular formula is C24H27NO3. The highest BCUT2D eigenvalue weighted by atomic mass is 16.5. The van der Waals surface area contributed by atoms with Crippen molar-refractivity contribution in [3.05, 3.63) is 71.8 Å². The van der Waals surface area contributed by atoms with Crippen LogP contribution in [0.5, 0.6) is 0 Å². The van der Waals surface area contributed by atoms with E-state index in [9.17, 15) is 9.59 Å². The van der Waals surface area contributed by atoms with Gasteiger partial charge in [0, 0.05) is 5.92 Å². The molecule has 2 fully saturated rings. The summed E-state index contributed by atoms with van der Waals surface area (Å²) in [5, 5.41) is 3.19. The largest absolute Gasteiger partial charge is 0.458 e. The Kier molecular flexibility index (Phi) is 5.47. The molecule has 2 aliphatic rings. The Morgan fingerprint density at radius 2 is 1.54 bits per heavy atom. The smallest absolute Gasteiger partial charge is 0.338 e. The minimum absolute atomic E-state index is 0.000795. The summed E-state index contributed by atoms with van der Waals surface area (Å²) in [6.07, 6.45) is 3.57. The molecule has 0 spiro atoms. The van der Waals surface area contributed by atoms with E-state index in [0.717, 1.165) is 31.2 Å². The maximum Gasteiger partial charge on any atom is 0.338 e. The lowest BCUT2D eigenvalue weighted by molar-refractivity contribution is -0.126. The maximum absolute atomic E-state index is 12.9. The topological polar surface area (TPSA) is 55.4 Å². The fourth-order valence-electron chi connectivity index (χ4n) is 4.94. The molecule has 5 atom stereocenters. The number of benzene rings is 2. The van der Waals surface area contributed by atoms with Crippen LogP contribution in [-0.4, -0.2) is 18.0 Å². The minimum atomic E-state index is -0.253. The molecule has 0 radical (unpaired) electrons. The Labute approximate surface area is 166 Å². The Hall–Kier alpha value is -2.62. The van der Waals surface area contributed by atoms with Crippen molar-refractivity contribution in [2.75, 3.05) is 0 Å². The predicted octanol–water partition coefficient (Wildman–Crippen LogP) is 4.53. The molecule has 0 aromatic heterocycles. The van der Waals surface area contributed by atoms with Crippen LogP contribution < -0.4 is 5.32 Å². The molecule has 2 aromatic rings. The van der Waals surface area contributed by atoms with E-state index >= 15 is 0 Å². The molecule has 2 saturated carbocycles. The van der Waals surface area contributed by atoms with Crippen LogP contribution in [0.4, 0.5) is 0 Å². The molecule has 0 bridgehead atoms. The Balaban J connectivity index is 1.36. The van der Waals surface area contributed by atoms with Gasteiger partial charge in [-0.2, -0.15) is 0 Å². The Morgan fingerprint density at radius 3 is 2.25 bits per heavy atom. The molecule has 0 unspecified atom stereocenters.